The highest BCUT2D eigenvalue weighted by Crippen LogP contribution is 2.20. The molecule has 0 atom stereocenters. The molecule has 1 heterocycles. The molecule has 0 saturated carbocycles. The van der Waals surface area contributed by atoms with Gasteiger partial charge in [0, 0.05) is 31.2 Å². The summed E-state index contributed by atoms with van der Waals surface area (Å²) in [6.07, 6.45) is 0.556. The molecule has 0 unspecified atom stereocenters. The molecule has 0 bridgehead atoms. The van der Waals surface area contributed by atoms with Gasteiger partial charge in [0.05, 0.1) is 4.90 Å². The number of rotatable bonds is 4. The second-order valence-corrected chi connectivity index (χ2v) is 7.30. The minimum absolute atomic E-state index is 0.0788. The molecule has 1 aliphatic rings. The molecular formula is C12H17NO3S2. The molecule has 0 aromatic heterocycles. The predicted molar refractivity (Wildman–Crippen MR) is 73.3 cm³/mol. The van der Waals surface area contributed by atoms with Gasteiger partial charge >= 0.3 is 0 Å². The fourth-order valence-electron chi connectivity index (χ4n) is 1.89. The van der Waals surface area contributed by atoms with Crippen molar-refractivity contribution in [2.45, 2.75) is 11.3 Å². The van der Waals surface area contributed by atoms with E-state index in [0.717, 1.165) is 17.1 Å². The van der Waals surface area contributed by atoms with Crippen LogP contribution in [0.4, 0.5) is 0 Å². The normalized spacial score (nSPS) is 17.8. The fraction of sp³-hybridized carbons (Fsp3) is 0.500. The van der Waals surface area contributed by atoms with E-state index in [1.54, 1.807) is 40.3 Å². The van der Waals surface area contributed by atoms with Crippen LogP contribution in [0.3, 0.4) is 0 Å². The third-order valence-electron chi connectivity index (χ3n) is 2.93. The average Bonchev–Trinajstić information content (AvgIpc) is 2.41. The Morgan fingerprint density at radius 2 is 1.78 bits per heavy atom. The summed E-state index contributed by atoms with van der Waals surface area (Å²) in [6.45, 7) is 1.26. The number of sulfonamides is 1. The zero-order valence-corrected chi connectivity index (χ0v) is 11.7. The van der Waals surface area contributed by atoms with Crippen molar-refractivity contribution in [2.75, 3.05) is 31.2 Å². The molecule has 1 N–H and O–H groups in total. The SMILES string of the molecule is O=S(=O)(c1ccc(CCO)cc1)N1CCSCC1. The lowest BCUT2D eigenvalue weighted by molar-refractivity contribution is 0.299. The van der Waals surface area contributed by atoms with Gasteiger partial charge in [-0.15, -0.1) is 0 Å². The third-order valence-corrected chi connectivity index (χ3v) is 5.79. The van der Waals surface area contributed by atoms with Gasteiger partial charge in [-0.25, -0.2) is 8.42 Å². The molecule has 2 rings (SSSR count). The first-order chi connectivity index (χ1) is 8.64. The molecular weight excluding hydrogens is 270 g/mol. The van der Waals surface area contributed by atoms with E-state index in [9.17, 15) is 8.42 Å². The van der Waals surface area contributed by atoms with Crippen LogP contribution in [-0.2, 0) is 16.4 Å². The van der Waals surface area contributed by atoms with E-state index in [1.807, 2.05) is 0 Å². The highest BCUT2D eigenvalue weighted by molar-refractivity contribution is 7.99. The Morgan fingerprint density at radius 1 is 1.17 bits per heavy atom. The Bertz CT molecular complexity index is 479. The molecule has 0 aliphatic carbocycles. The molecule has 1 aliphatic heterocycles. The van der Waals surface area contributed by atoms with Gasteiger partial charge in [-0.1, -0.05) is 12.1 Å². The maximum absolute atomic E-state index is 12.3. The van der Waals surface area contributed by atoms with Gasteiger partial charge in [0.15, 0.2) is 0 Å². The van der Waals surface area contributed by atoms with E-state index in [-0.39, 0.29) is 6.61 Å². The molecule has 18 heavy (non-hydrogen) atoms. The second-order valence-electron chi connectivity index (χ2n) is 4.13. The van der Waals surface area contributed by atoms with Gasteiger partial charge in [-0.05, 0) is 24.1 Å². The second kappa shape index (κ2) is 6.06. The minimum Gasteiger partial charge on any atom is -0.396 e. The summed E-state index contributed by atoms with van der Waals surface area (Å²) in [5.41, 5.74) is 0.950. The Labute approximate surface area is 112 Å². The molecule has 1 saturated heterocycles. The van der Waals surface area contributed by atoms with Crippen LogP contribution in [0.1, 0.15) is 5.56 Å². The number of benzene rings is 1. The fourth-order valence-corrected chi connectivity index (χ4v) is 4.47. The van der Waals surface area contributed by atoms with Gasteiger partial charge < -0.3 is 5.11 Å². The van der Waals surface area contributed by atoms with E-state index < -0.39 is 10.0 Å². The molecule has 0 spiro atoms. The zero-order chi connectivity index (χ0) is 13.0. The van der Waals surface area contributed by atoms with E-state index in [0.29, 0.717) is 24.4 Å². The summed E-state index contributed by atoms with van der Waals surface area (Å²) >= 11 is 1.79. The molecule has 0 amide bonds. The van der Waals surface area contributed by atoms with Crippen molar-refractivity contribution in [2.24, 2.45) is 0 Å². The van der Waals surface area contributed by atoms with Crippen LogP contribution in [0, 0.1) is 0 Å². The number of aliphatic hydroxyl groups excluding tert-OH is 1. The molecule has 1 aromatic carbocycles. The number of thioether (sulfide) groups is 1. The zero-order valence-electron chi connectivity index (χ0n) is 10.1. The summed E-state index contributed by atoms with van der Waals surface area (Å²) in [7, 11) is -3.34. The first-order valence-electron chi connectivity index (χ1n) is 5.92. The van der Waals surface area contributed by atoms with Crippen LogP contribution in [0.15, 0.2) is 29.2 Å². The van der Waals surface area contributed by atoms with Gasteiger partial charge in [-0.3, -0.25) is 0 Å². The highest BCUT2D eigenvalue weighted by Gasteiger charge is 2.25. The summed E-state index contributed by atoms with van der Waals surface area (Å²) in [4.78, 5) is 0.344. The van der Waals surface area contributed by atoms with Crippen LogP contribution in [0.25, 0.3) is 0 Å². The average molecular weight is 287 g/mol. The van der Waals surface area contributed by atoms with Gasteiger partial charge in [0.25, 0.3) is 0 Å². The van der Waals surface area contributed by atoms with Crippen LogP contribution in [0.5, 0.6) is 0 Å². The topological polar surface area (TPSA) is 57.6 Å². The predicted octanol–water partition coefficient (Wildman–Crippen LogP) is 0.959. The van der Waals surface area contributed by atoms with Gasteiger partial charge in [0.1, 0.15) is 0 Å². The van der Waals surface area contributed by atoms with Crippen LogP contribution < -0.4 is 0 Å². The molecule has 4 nitrogen and oxygen atoms in total. The van der Waals surface area contributed by atoms with Crippen LogP contribution >= 0.6 is 11.8 Å². The maximum Gasteiger partial charge on any atom is 0.243 e. The molecule has 6 heteroatoms. The third kappa shape index (κ3) is 3.06. The first kappa shape index (κ1) is 13.9. The summed E-state index contributed by atoms with van der Waals surface area (Å²) in [6, 6.07) is 6.79. The van der Waals surface area contributed by atoms with Crippen LogP contribution in [0.2, 0.25) is 0 Å². The first-order valence-corrected chi connectivity index (χ1v) is 8.52. The lowest BCUT2D eigenvalue weighted by Crippen LogP contribution is -2.37. The van der Waals surface area contributed by atoms with E-state index >= 15 is 0 Å². The van der Waals surface area contributed by atoms with E-state index in [2.05, 4.69) is 0 Å². The van der Waals surface area contributed by atoms with Crippen molar-refractivity contribution in [3.63, 3.8) is 0 Å². The largest absolute Gasteiger partial charge is 0.396 e. The summed E-state index contributed by atoms with van der Waals surface area (Å²) in [5.74, 6) is 1.73. The van der Waals surface area contributed by atoms with E-state index in [4.69, 9.17) is 5.11 Å². The maximum atomic E-state index is 12.3. The van der Waals surface area contributed by atoms with Crippen molar-refractivity contribution in [3.8, 4) is 0 Å². The molecule has 1 fully saturated rings. The lowest BCUT2D eigenvalue weighted by atomic mass is 10.2. The molecule has 1 aromatic rings. The van der Waals surface area contributed by atoms with Crippen molar-refractivity contribution in [1.29, 1.82) is 0 Å². The van der Waals surface area contributed by atoms with Crippen molar-refractivity contribution < 1.29 is 13.5 Å². The standard InChI is InChI=1S/C12H17NO3S2/c14-8-5-11-1-3-12(4-2-11)18(15,16)13-6-9-17-10-7-13/h1-4,14H,5-10H2. The number of aliphatic hydroxyl groups is 1. The number of hydrogen-bond acceptors (Lipinski definition) is 4. The Balaban J connectivity index is 2.18. The van der Waals surface area contributed by atoms with Crippen molar-refractivity contribution in [3.05, 3.63) is 29.8 Å². The van der Waals surface area contributed by atoms with Crippen molar-refractivity contribution in [1.82, 2.24) is 4.31 Å². The molecule has 0 radical (unpaired) electrons. The minimum atomic E-state index is -3.34. The van der Waals surface area contributed by atoms with Gasteiger partial charge in [0.2, 0.25) is 10.0 Å². The molecule has 100 valence electrons. The smallest absolute Gasteiger partial charge is 0.243 e. The monoisotopic (exact) mass is 287 g/mol. The summed E-state index contributed by atoms with van der Waals surface area (Å²) in [5, 5.41) is 8.82. The number of nitrogens with zero attached hydrogens (tertiary/aromatic N) is 1. The van der Waals surface area contributed by atoms with Gasteiger partial charge in [-0.2, -0.15) is 16.1 Å². The Morgan fingerprint density at radius 3 is 2.33 bits per heavy atom. The number of hydrogen-bond donors (Lipinski definition) is 1. The van der Waals surface area contributed by atoms with E-state index in [1.165, 1.54) is 0 Å². The Kier molecular flexibility index (Phi) is 4.66. The highest BCUT2D eigenvalue weighted by atomic mass is 32.2. The summed E-state index contributed by atoms with van der Waals surface area (Å²) < 4.78 is 26.2. The lowest BCUT2D eigenvalue weighted by Gasteiger charge is -2.25. The Hall–Kier alpha value is -0.560. The van der Waals surface area contributed by atoms with Crippen molar-refractivity contribution >= 4 is 21.8 Å². The quantitative estimate of drug-likeness (QED) is 0.896. The van der Waals surface area contributed by atoms with Crippen LogP contribution in [-0.4, -0.2) is 49.0 Å².